The zero-order chi connectivity index (χ0) is 14.8. The van der Waals surface area contributed by atoms with Crippen LogP contribution in [0.3, 0.4) is 0 Å². The van der Waals surface area contributed by atoms with Gasteiger partial charge in [0.1, 0.15) is 0 Å². The van der Waals surface area contributed by atoms with E-state index in [9.17, 15) is 9.59 Å². The Hall–Kier alpha value is -2.11. The Morgan fingerprint density at radius 2 is 2.05 bits per heavy atom. The third-order valence-corrected chi connectivity index (χ3v) is 3.95. The van der Waals surface area contributed by atoms with Crippen molar-refractivity contribution in [3.8, 4) is 0 Å². The summed E-state index contributed by atoms with van der Waals surface area (Å²) in [7, 11) is 0. The van der Waals surface area contributed by atoms with Crippen molar-refractivity contribution < 1.29 is 9.59 Å². The van der Waals surface area contributed by atoms with Crippen molar-refractivity contribution in [3.05, 3.63) is 64.3 Å². The smallest absolute Gasteiger partial charge is 0.268 e. The Morgan fingerprint density at radius 1 is 1.19 bits per heavy atom. The van der Waals surface area contributed by atoms with E-state index in [0.29, 0.717) is 15.6 Å². The monoisotopic (exact) mass is 316 g/mol. The van der Waals surface area contributed by atoms with Crippen LogP contribution in [0.25, 0.3) is 6.08 Å². The maximum atomic E-state index is 12.4. The lowest BCUT2D eigenvalue weighted by molar-refractivity contribution is -0.113. The zero-order valence-corrected chi connectivity index (χ0v) is 12.3. The molecule has 0 N–H and O–H groups in total. The van der Waals surface area contributed by atoms with Gasteiger partial charge in [-0.2, -0.15) is 0 Å². The van der Waals surface area contributed by atoms with Gasteiger partial charge in [0.05, 0.1) is 10.6 Å². The van der Waals surface area contributed by atoms with Gasteiger partial charge in [0.2, 0.25) is 0 Å². The highest BCUT2D eigenvalue weighted by Crippen LogP contribution is 2.36. The van der Waals surface area contributed by atoms with Crippen LogP contribution < -0.4 is 4.90 Å². The summed E-state index contributed by atoms with van der Waals surface area (Å²) in [6, 6.07) is 10.2. The van der Waals surface area contributed by atoms with Crippen LogP contribution in [-0.4, -0.2) is 16.1 Å². The number of benzene rings is 1. The minimum Gasteiger partial charge on any atom is -0.268 e. The first-order valence-electron chi connectivity index (χ1n) is 6.09. The van der Waals surface area contributed by atoms with Gasteiger partial charge in [-0.15, -0.1) is 0 Å². The van der Waals surface area contributed by atoms with Crippen LogP contribution in [-0.2, 0) is 4.79 Å². The van der Waals surface area contributed by atoms with Crippen molar-refractivity contribution in [1.29, 1.82) is 0 Å². The highest BCUT2D eigenvalue weighted by molar-refractivity contribution is 8.19. The number of rotatable bonds is 2. The van der Waals surface area contributed by atoms with Gasteiger partial charge < -0.3 is 0 Å². The summed E-state index contributed by atoms with van der Waals surface area (Å²) in [5.74, 6) is -0.351. The Bertz CT molecular complexity index is 746. The number of halogens is 1. The molecule has 6 heteroatoms. The van der Waals surface area contributed by atoms with E-state index in [1.165, 1.54) is 0 Å². The summed E-state index contributed by atoms with van der Waals surface area (Å²) >= 11 is 6.81. The second-order valence-electron chi connectivity index (χ2n) is 4.28. The third-order valence-electron chi connectivity index (χ3n) is 2.84. The molecule has 0 aliphatic carbocycles. The van der Waals surface area contributed by atoms with Crippen LogP contribution in [0.4, 0.5) is 10.5 Å². The lowest BCUT2D eigenvalue weighted by atomic mass is 10.2. The summed E-state index contributed by atoms with van der Waals surface area (Å²) in [5.41, 5.74) is 1.24. The van der Waals surface area contributed by atoms with E-state index in [0.717, 1.165) is 22.2 Å². The first kappa shape index (κ1) is 13.9. The molecule has 1 aromatic heterocycles. The van der Waals surface area contributed by atoms with Gasteiger partial charge in [0.15, 0.2) is 0 Å². The van der Waals surface area contributed by atoms with E-state index in [1.54, 1.807) is 48.8 Å². The normalized spacial score (nSPS) is 16.8. The van der Waals surface area contributed by atoms with E-state index in [-0.39, 0.29) is 11.1 Å². The van der Waals surface area contributed by atoms with Crippen LogP contribution in [0.15, 0.2) is 53.7 Å². The fraction of sp³-hybridized carbons (Fsp3) is 0. The Morgan fingerprint density at radius 3 is 2.76 bits per heavy atom. The van der Waals surface area contributed by atoms with Gasteiger partial charge in [-0.25, -0.2) is 4.90 Å². The Kier molecular flexibility index (Phi) is 3.77. The molecule has 104 valence electrons. The van der Waals surface area contributed by atoms with Gasteiger partial charge >= 0.3 is 0 Å². The minimum absolute atomic E-state index is 0.336. The molecular weight excluding hydrogens is 308 g/mol. The topological polar surface area (TPSA) is 50.3 Å². The molecule has 4 nitrogen and oxygen atoms in total. The molecule has 1 aliphatic rings. The second-order valence-corrected chi connectivity index (χ2v) is 5.71. The standard InChI is InChI=1S/C15H9ClN2O2S/c16-11-4-1-5-12(8-11)18-14(19)13(21-15(18)20)7-10-3-2-6-17-9-10/h1-9H. The lowest BCUT2D eigenvalue weighted by Gasteiger charge is -2.12. The van der Waals surface area contributed by atoms with E-state index in [1.807, 2.05) is 6.07 Å². The lowest BCUT2D eigenvalue weighted by Crippen LogP contribution is -2.27. The fourth-order valence-corrected chi connectivity index (χ4v) is 2.94. The first-order valence-corrected chi connectivity index (χ1v) is 7.28. The predicted molar refractivity (Wildman–Crippen MR) is 84.1 cm³/mol. The first-order chi connectivity index (χ1) is 10.1. The molecule has 3 rings (SSSR count). The summed E-state index contributed by atoms with van der Waals surface area (Å²) in [5, 5.41) is 0.139. The molecule has 2 aromatic rings. The van der Waals surface area contributed by atoms with E-state index in [4.69, 9.17) is 11.6 Å². The Balaban J connectivity index is 1.94. The number of aromatic nitrogens is 1. The average molecular weight is 317 g/mol. The number of hydrogen-bond donors (Lipinski definition) is 0. The molecule has 0 bridgehead atoms. The van der Waals surface area contributed by atoms with Gasteiger partial charge in [0, 0.05) is 17.4 Å². The van der Waals surface area contributed by atoms with Gasteiger partial charge in [-0.3, -0.25) is 14.6 Å². The molecule has 2 heterocycles. The molecule has 1 saturated heterocycles. The number of anilines is 1. The molecule has 0 spiro atoms. The molecule has 1 fully saturated rings. The van der Waals surface area contributed by atoms with Crippen molar-refractivity contribution in [2.75, 3.05) is 4.90 Å². The van der Waals surface area contributed by atoms with Gasteiger partial charge in [0.25, 0.3) is 11.1 Å². The maximum Gasteiger partial charge on any atom is 0.298 e. The molecule has 0 radical (unpaired) electrons. The number of hydrogen-bond acceptors (Lipinski definition) is 4. The average Bonchev–Trinajstić information content (AvgIpc) is 2.74. The number of carbonyl (C=O) groups excluding carboxylic acids is 2. The minimum atomic E-state index is -0.351. The number of thioether (sulfide) groups is 1. The van der Waals surface area contributed by atoms with Crippen LogP contribution in [0.1, 0.15) is 5.56 Å². The molecule has 0 atom stereocenters. The quantitative estimate of drug-likeness (QED) is 0.786. The van der Waals surface area contributed by atoms with Gasteiger partial charge in [-0.1, -0.05) is 23.7 Å². The van der Waals surface area contributed by atoms with Crippen molar-refractivity contribution in [2.45, 2.75) is 0 Å². The van der Waals surface area contributed by atoms with Crippen molar-refractivity contribution >= 4 is 46.3 Å². The van der Waals surface area contributed by atoms with E-state index < -0.39 is 0 Å². The number of pyridine rings is 1. The number of amides is 2. The summed E-state index contributed by atoms with van der Waals surface area (Å²) in [4.78, 5) is 29.9. The summed E-state index contributed by atoms with van der Waals surface area (Å²) in [6.45, 7) is 0. The van der Waals surface area contributed by atoms with Crippen LogP contribution >= 0.6 is 23.4 Å². The van der Waals surface area contributed by atoms with Crippen molar-refractivity contribution in [2.24, 2.45) is 0 Å². The molecule has 0 unspecified atom stereocenters. The fourth-order valence-electron chi connectivity index (χ4n) is 1.92. The number of nitrogens with zero attached hydrogens (tertiary/aromatic N) is 2. The zero-order valence-electron chi connectivity index (χ0n) is 10.7. The van der Waals surface area contributed by atoms with Crippen LogP contribution in [0, 0.1) is 0 Å². The van der Waals surface area contributed by atoms with Crippen molar-refractivity contribution in [3.63, 3.8) is 0 Å². The number of imide groups is 1. The van der Waals surface area contributed by atoms with Crippen molar-refractivity contribution in [1.82, 2.24) is 4.98 Å². The van der Waals surface area contributed by atoms with Crippen LogP contribution in [0.5, 0.6) is 0 Å². The molecular formula is C15H9ClN2O2S. The van der Waals surface area contributed by atoms with E-state index in [2.05, 4.69) is 4.98 Å². The largest absolute Gasteiger partial charge is 0.298 e. The Labute approximate surface area is 130 Å². The van der Waals surface area contributed by atoms with Gasteiger partial charge in [-0.05, 0) is 47.7 Å². The molecule has 1 aliphatic heterocycles. The van der Waals surface area contributed by atoms with E-state index >= 15 is 0 Å². The summed E-state index contributed by atoms with van der Waals surface area (Å²) < 4.78 is 0. The highest BCUT2D eigenvalue weighted by atomic mass is 35.5. The predicted octanol–water partition coefficient (Wildman–Crippen LogP) is 3.98. The molecule has 1 aromatic carbocycles. The third kappa shape index (κ3) is 2.84. The summed E-state index contributed by atoms with van der Waals surface area (Å²) in [6.07, 6.45) is 4.94. The van der Waals surface area contributed by atoms with Crippen LogP contribution in [0.2, 0.25) is 5.02 Å². The number of carbonyl (C=O) groups is 2. The molecule has 21 heavy (non-hydrogen) atoms. The maximum absolute atomic E-state index is 12.4. The second kappa shape index (κ2) is 5.71. The SMILES string of the molecule is O=C1SC(=Cc2cccnc2)C(=O)N1c1cccc(Cl)c1. The molecule has 2 amide bonds. The molecule has 0 saturated carbocycles. The highest BCUT2D eigenvalue weighted by Gasteiger charge is 2.36.